The van der Waals surface area contributed by atoms with Gasteiger partial charge in [-0.3, -0.25) is 0 Å². The monoisotopic (exact) mass is 297 g/mol. The van der Waals surface area contributed by atoms with Crippen LogP contribution in [-0.2, 0) is 0 Å². The Morgan fingerprint density at radius 1 is 0.667 bits per heavy atom. The maximum absolute atomic E-state index is 2.81. The molecule has 0 fully saturated rings. The molecule has 1 heteroatoms. The first kappa shape index (κ1) is 21.0. The molecule has 0 aliphatic heterocycles. The van der Waals surface area contributed by atoms with Gasteiger partial charge >= 0.3 is 0 Å². The minimum atomic E-state index is 0.828. The van der Waals surface area contributed by atoms with E-state index < -0.39 is 0 Å². The molecule has 0 spiro atoms. The summed E-state index contributed by atoms with van der Waals surface area (Å²) in [4.78, 5) is 2.81. The van der Waals surface area contributed by atoms with E-state index in [-0.39, 0.29) is 0 Å². The van der Waals surface area contributed by atoms with Crippen LogP contribution in [0.3, 0.4) is 0 Å². The molecule has 0 saturated carbocycles. The standard InChI is InChI=1S/C20H43N/c1-7-11-19(10-4)16-21(15-14-18(5)6)17-20(12-8-2)13-9-3/h18-20H,7-17H2,1-6H3. The van der Waals surface area contributed by atoms with Gasteiger partial charge < -0.3 is 4.90 Å². The molecule has 0 heterocycles. The Kier molecular flexibility index (Phi) is 13.6. The van der Waals surface area contributed by atoms with E-state index in [1.54, 1.807) is 0 Å². The van der Waals surface area contributed by atoms with E-state index in [9.17, 15) is 0 Å². The molecule has 21 heavy (non-hydrogen) atoms. The molecule has 0 aliphatic rings. The summed E-state index contributed by atoms with van der Waals surface area (Å²) in [5.74, 6) is 2.66. The van der Waals surface area contributed by atoms with Crippen LogP contribution in [0.5, 0.6) is 0 Å². The second-order valence-electron chi connectivity index (χ2n) is 7.45. The highest BCUT2D eigenvalue weighted by atomic mass is 15.1. The SMILES string of the molecule is CCCC(CC)CN(CCC(C)C)CC(CCC)CCC. The van der Waals surface area contributed by atoms with Crippen LogP contribution in [0.1, 0.15) is 92.9 Å². The summed E-state index contributed by atoms with van der Waals surface area (Å²) in [7, 11) is 0. The van der Waals surface area contributed by atoms with Gasteiger partial charge in [-0.15, -0.1) is 0 Å². The molecule has 0 bridgehead atoms. The van der Waals surface area contributed by atoms with Gasteiger partial charge in [0.05, 0.1) is 0 Å². The zero-order chi connectivity index (χ0) is 16.1. The topological polar surface area (TPSA) is 3.24 Å². The van der Waals surface area contributed by atoms with E-state index in [1.165, 1.54) is 71.0 Å². The molecular formula is C20H43N. The van der Waals surface area contributed by atoms with Crippen LogP contribution < -0.4 is 0 Å². The van der Waals surface area contributed by atoms with E-state index >= 15 is 0 Å². The first-order valence-corrected chi connectivity index (χ1v) is 9.79. The fourth-order valence-electron chi connectivity index (χ4n) is 3.40. The number of hydrogen-bond acceptors (Lipinski definition) is 1. The Morgan fingerprint density at radius 3 is 1.57 bits per heavy atom. The van der Waals surface area contributed by atoms with Crippen LogP contribution in [0.15, 0.2) is 0 Å². The van der Waals surface area contributed by atoms with Gasteiger partial charge in [0.1, 0.15) is 0 Å². The molecular weight excluding hydrogens is 254 g/mol. The molecule has 1 atom stereocenters. The van der Waals surface area contributed by atoms with E-state index in [4.69, 9.17) is 0 Å². The van der Waals surface area contributed by atoms with E-state index in [2.05, 4.69) is 46.4 Å². The third kappa shape index (κ3) is 11.2. The lowest BCUT2D eigenvalue weighted by Crippen LogP contribution is -2.35. The predicted octanol–water partition coefficient (Wildman–Crippen LogP) is 6.38. The Bertz CT molecular complexity index is 206. The number of hydrogen-bond donors (Lipinski definition) is 0. The van der Waals surface area contributed by atoms with Crippen molar-refractivity contribution in [2.24, 2.45) is 17.8 Å². The summed E-state index contributed by atoms with van der Waals surface area (Å²) < 4.78 is 0. The van der Waals surface area contributed by atoms with Crippen molar-refractivity contribution in [3.05, 3.63) is 0 Å². The average molecular weight is 298 g/mol. The average Bonchev–Trinajstić information content (AvgIpc) is 2.44. The van der Waals surface area contributed by atoms with Gasteiger partial charge in [-0.25, -0.2) is 0 Å². The lowest BCUT2D eigenvalue weighted by Gasteiger charge is -2.31. The summed E-state index contributed by atoms with van der Waals surface area (Å²) in [6, 6.07) is 0. The smallest absolute Gasteiger partial charge is 0.000977 e. The third-order valence-electron chi connectivity index (χ3n) is 4.72. The summed E-state index contributed by atoms with van der Waals surface area (Å²) in [5.41, 5.74) is 0. The quantitative estimate of drug-likeness (QED) is 0.360. The van der Waals surface area contributed by atoms with E-state index in [0.717, 1.165) is 17.8 Å². The first-order chi connectivity index (χ1) is 10.1. The van der Waals surface area contributed by atoms with Crippen molar-refractivity contribution in [2.75, 3.05) is 19.6 Å². The van der Waals surface area contributed by atoms with Crippen LogP contribution in [-0.4, -0.2) is 24.5 Å². The Balaban J connectivity index is 4.52. The Morgan fingerprint density at radius 2 is 1.14 bits per heavy atom. The molecule has 128 valence electrons. The van der Waals surface area contributed by atoms with Crippen molar-refractivity contribution in [3.63, 3.8) is 0 Å². The Hall–Kier alpha value is -0.0400. The van der Waals surface area contributed by atoms with Crippen LogP contribution in [0.25, 0.3) is 0 Å². The highest BCUT2D eigenvalue weighted by Gasteiger charge is 2.17. The lowest BCUT2D eigenvalue weighted by molar-refractivity contribution is 0.172. The van der Waals surface area contributed by atoms with Gasteiger partial charge in [0.2, 0.25) is 0 Å². The highest BCUT2D eigenvalue weighted by Crippen LogP contribution is 2.19. The lowest BCUT2D eigenvalue weighted by atomic mass is 9.95. The number of rotatable bonds is 14. The molecule has 0 rings (SSSR count). The summed E-state index contributed by atoms with van der Waals surface area (Å²) in [6.07, 6.45) is 11.0. The molecule has 1 unspecified atom stereocenters. The summed E-state index contributed by atoms with van der Waals surface area (Å²) in [6.45, 7) is 18.1. The molecule has 0 aliphatic carbocycles. The molecule has 0 aromatic carbocycles. The van der Waals surface area contributed by atoms with Gasteiger partial charge in [0.15, 0.2) is 0 Å². The van der Waals surface area contributed by atoms with Crippen LogP contribution >= 0.6 is 0 Å². The van der Waals surface area contributed by atoms with Crippen LogP contribution in [0.2, 0.25) is 0 Å². The molecule has 1 nitrogen and oxygen atoms in total. The number of nitrogens with zero attached hydrogens (tertiary/aromatic N) is 1. The molecule has 0 N–H and O–H groups in total. The predicted molar refractivity (Wildman–Crippen MR) is 97.9 cm³/mol. The van der Waals surface area contributed by atoms with Crippen LogP contribution in [0, 0.1) is 17.8 Å². The molecule has 0 aromatic heterocycles. The highest BCUT2D eigenvalue weighted by molar-refractivity contribution is 4.70. The molecule has 0 amide bonds. The fourth-order valence-corrected chi connectivity index (χ4v) is 3.40. The van der Waals surface area contributed by atoms with Gasteiger partial charge in [0, 0.05) is 13.1 Å². The van der Waals surface area contributed by atoms with Gasteiger partial charge in [-0.2, -0.15) is 0 Å². The molecule has 0 saturated heterocycles. The van der Waals surface area contributed by atoms with Crippen LogP contribution in [0.4, 0.5) is 0 Å². The largest absolute Gasteiger partial charge is 0.303 e. The van der Waals surface area contributed by atoms with Gasteiger partial charge in [-0.1, -0.05) is 67.2 Å². The van der Waals surface area contributed by atoms with Crippen molar-refractivity contribution in [3.8, 4) is 0 Å². The second kappa shape index (κ2) is 13.6. The van der Waals surface area contributed by atoms with Crippen molar-refractivity contribution in [1.29, 1.82) is 0 Å². The third-order valence-corrected chi connectivity index (χ3v) is 4.72. The van der Waals surface area contributed by atoms with Crippen molar-refractivity contribution >= 4 is 0 Å². The maximum atomic E-state index is 2.81. The van der Waals surface area contributed by atoms with Crippen molar-refractivity contribution < 1.29 is 0 Å². The maximum Gasteiger partial charge on any atom is 0.000977 e. The van der Waals surface area contributed by atoms with Crippen molar-refractivity contribution in [1.82, 2.24) is 4.90 Å². The van der Waals surface area contributed by atoms with E-state index in [0.29, 0.717) is 0 Å². The zero-order valence-corrected chi connectivity index (χ0v) is 16.0. The molecule has 0 radical (unpaired) electrons. The van der Waals surface area contributed by atoms with Gasteiger partial charge in [-0.05, 0) is 50.0 Å². The minimum Gasteiger partial charge on any atom is -0.303 e. The minimum absolute atomic E-state index is 0.828. The normalized spacial score (nSPS) is 13.6. The fraction of sp³-hybridized carbons (Fsp3) is 1.00. The first-order valence-electron chi connectivity index (χ1n) is 9.79. The molecule has 0 aromatic rings. The summed E-state index contributed by atoms with van der Waals surface area (Å²) in [5, 5.41) is 0. The summed E-state index contributed by atoms with van der Waals surface area (Å²) >= 11 is 0. The van der Waals surface area contributed by atoms with Gasteiger partial charge in [0.25, 0.3) is 0 Å². The van der Waals surface area contributed by atoms with Crippen molar-refractivity contribution in [2.45, 2.75) is 92.9 Å². The zero-order valence-electron chi connectivity index (χ0n) is 16.0. The second-order valence-corrected chi connectivity index (χ2v) is 7.45. The van der Waals surface area contributed by atoms with E-state index in [1.807, 2.05) is 0 Å². The Labute approximate surface area is 135 Å².